The van der Waals surface area contributed by atoms with Gasteiger partial charge in [-0.05, 0) is 81.6 Å². The molecule has 0 radical (unpaired) electrons. The number of ether oxygens (including phenoxy) is 4. The number of nitrogens with one attached hydrogen (secondary N) is 1. The van der Waals surface area contributed by atoms with Crippen LogP contribution in [0.5, 0.6) is 28.7 Å². The molecule has 250 valence electrons. The van der Waals surface area contributed by atoms with Crippen molar-refractivity contribution in [1.29, 1.82) is 0 Å². The van der Waals surface area contributed by atoms with Crippen LogP contribution in [-0.2, 0) is 0 Å². The van der Waals surface area contributed by atoms with Gasteiger partial charge in [-0.1, -0.05) is 24.3 Å². The summed E-state index contributed by atoms with van der Waals surface area (Å²) in [4.78, 5) is 20.0. The van der Waals surface area contributed by atoms with Gasteiger partial charge in [-0.3, -0.25) is 9.78 Å². The summed E-state index contributed by atoms with van der Waals surface area (Å²) in [6.45, 7) is 7.86. The molecule has 0 spiro atoms. The maximum absolute atomic E-state index is 15.3. The van der Waals surface area contributed by atoms with Gasteiger partial charge < -0.3 is 29.2 Å². The van der Waals surface area contributed by atoms with E-state index >= 15 is 4.39 Å². The highest BCUT2D eigenvalue weighted by molar-refractivity contribution is 6.03. The molecule has 1 fully saturated rings. The van der Waals surface area contributed by atoms with Gasteiger partial charge in [0, 0.05) is 35.9 Å². The minimum atomic E-state index is -0.665. The number of halogens is 1. The zero-order valence-corrected chi connectivity index (χ0v) is 27.5. The quantitative estimate of drug-likeness (QED) is 0.145. The molecule has 6 rings (SSSR count). The Bertz CT molecular complexity index is 1910. The maximum Gasteiger partial charge on any atom is 0.278 e. The number of piperidine rings is 1. The largest absolute Gasteiger partial charge is 0.494 e. The lowest BCUT2D eigenvalue weighted by atomic mass is 9.99. The van der Waals surface area contributed by atoms with Crippen LogP contribution in [-0.4, -0.2) is 71.2 Å². The van der Waals surface area contributed by atoms with Gasteiger partial charge in [0.25, 0.3) is 5.91 Å². The van der Waals surface area contributed by atoms with E-state index < -0.39 is 11.7 Å². The zero-order valence-electron chi connectivity index (χ0n) is 27.5. The molecule has 1 N–H and O–H groups in total. The van der Waals surface area contributed by atoms with E-state index in [9.17, 15) is 4.79 Å². The molecule has 1 saturated heterocycles. The summed E-state index contributed by atoms with van der Waals surface area (Å²) in [5, 5.41) is 11.5. The molecule has 2 aromatic heterocycles. The highest BCUT2D eigenvalue weighted by Gasteiger charge is 2.21. The number of hydrogen-bond acceptors (Lipinski definition) is 9. The number of amides is 1. The first-order valence-corrected chi connectivity index (χ1v) is 16.0. The number of carbonyl (C=O) groups is 1. The summed E-state index contributed by atoms with van der Waals surface area (Å²) in [6.07, 6.45) is 5.00. The van der Waals surface area contributed by atoms with Gasteiger partial charge in [0.15, 0.2) is 28.8 Å². The normalized spacial score (nSPS) is 13.8. The molecular formula is C36H39FN6O5. The number of fused-ring (bicyclic) bond motifs is 1. The molecule has 0 unspecified atom stereocenters. The van der Waals surface area contributed by atoms with Crippen LogP contribution in [0.15, 0.2) is 66.9 Å². The fraction of sp³-hybridized carbons (Fsp3) is 0.333. The van der Waals surface area contributed by atoms with E-state index in [1.165, 1.54) is 29.7 Å². The highest BCUT2D eigenvalue weighted by Crippen LogP contribution is 2.38. The Kier molecular flexibility index (Phi) is 10.0. The Hall–Kier alpha value is -5.23. The van der Waals surface area contributed by atoms with E-state index in [4.69, 9.17) is 18.9 Å². The van der Waals surface area contributed by atoms with Gasteiger partial charge in [0.2, 0.25) is 0 Å². The molecule has 1 amide bonds. The molecule has 1 aliphatic heterocycles. The van der Waals surface area contributed by atoms with Crippen LogP contribution in [0.3, 0.4) is 0 Å². The van der Waals surface area contributed by atoms with E-state index in [0.29, 0.717) is 51.9 Å². The molecule has 5 aromatic rings. The number of para-hydroxylation sites is 2. The van der Waals surface area contributed by atoms with Crippen LogP contribution in [0.4, 0.5) is 10.1 Å². The molecule has 0 saturated carbocycles. The molecule has 0 aliphatic carbocycles. The topological polar surface area (TPSA) is 113 Å². The molecule has 0 atom stereocenters. The Labute approximate surface area is 278 Å². The van der Waals surface area contributed by atoms with Crippen molar-refractivity contribution in [3.05, 3.63) is 84.1 Å². The van der Waals surface area contributed by atoms with Crippen LogP contribution in [0, 0.1) is 18.7 Å². The molecule has 0 bridgehead atoms. The number of likely N-dealkylation sites (tertiary alicyclic amines) is 1. The number of anilines is 1. The average Bonchev–Trinajstić information content (AvgIpc) is 3.49. The smallest absolute Gasteiger partial charge is 0.278 e. The monoisotopic (exact) mass is 654 g/mol. The first-order valence-electron chi connectivity index (χ1n) is 16.0. The molecule has 48 heavy (non-hydrogen) atoms. The number of carbonyl (C=O) groups excluding carboxylic acids is 1. The lowest BCUT2D eigenvalue weighted by Gasteiger charge is -2.30. The molecule has 3 aromatic carbocycles. The first kappa shape index (κ1) is 32.7. The Morgan fingerprint density at radius 2 is 1.75 bits per heavy atom. The van der Waals surface area contributed by atoms with E-state index in [2.05, 4.69) is 32.4 Å². The number of hydrogen-bond donors (Lipinski definition) is 1. The standard InChI is InChI=1S/C36H39FN6O5/c1-23-13-17-42(18-14-23)16-7-19-47-34-22-28-26(21-33(34)46-4)30(12-15-38-28)48-31-11-10-25(20-27(31)37)39-36(44)35-24(2)43(41-40-35)29-8-5-6-9-32(29)45-3/h5-6,8-12,15,20-23H,7,13-14,16-19H2,1-4H3,(H,39,44). The third-order valence-electron chi connectivity index (χ3n) is 8.57. The van der Waals surface area contributed by atoms with Crippen molar-refractivity contribution in [1.82, 2.24) is 24.9 Å². The third kappa shape index (κ3) is 7.18. The van der Waals surface area contributed by atoms with Crippen LogP contribution in [0.25, 0.3) is 16.6 Å². The predicted molar refractivity (Wildman–Crippen MR) is 180 cm³/mol. The fourth-order valence-corrected chi connectivity index (χ4v) is 5.79. The summed E-state index contributed by atoms with van der Waals surface area (Å²) >= 11 is 0. The number of methoxy groups -OCH3 is 2. The number of benzene rings is 3. The molecular weight excluding hydrogens is 615 g/mol. The van der Waals surface area contributed by atoms with Gasteiger partial charge >= 0.3 is 0 Å². The number of pyridine rings is 1. The van der Waals surface area contributed by atoms with Gasteiger partial charge in [-0.2, -0.15) is 0 Å². The first-order chi connectivity index (χ1) is 23.3. The molecule has 1 aliphatic rings. The van der Waals surface area contributed by atoms with Crippen molar-refractivity contribution in [2.45, 2.75) is 33.1 Å². The van der Waals surface area contributed by atoms with E-state index in [0.717, 1.165) is 32.0 Å². The Morgan fingerprint density at radius 1 is 0.958 bits per heavy atom. The van der Waals surface area contributed by atoms with Crippen LogP contribution < -0.4 is 24.3 Å². The maximum atomic E-state index is 15.3. The highest BCUT2D eigenvalue weighted by atomic mass is 19.1. The SMILES string of the molecule is COc1cc2c(Oc3ccc(NC(=O)c4nnn(-c5ccccc5OC)c4C)cc3F)ccnc2cc1OCCCN1CCC(C)CC1. The Morgan fingerprint density at radius 3 is 2.52 bits per heavy atom. The third-order valence-corrected chi connectivity index (χ3v) is 8.57. The number of aromatic nitrogens is 4. The molecule has 11 nitrogen and oxygen atoms in total. The Balaban J connectivity index is 1.12. The van der Waals surface area contributed by atoms with Gasteiger partial charge in [0.1, 0.15) is 17.2 Å². The second-order valence-electron chi connectivity index (χ2n) is 11.9. The van der Waals surface area contributed by atoms with Crippen LogP contribution in [0.2, 0.25) is 0 Å². The fourth-order valence-electron chi connectivity index (χ4n) is 5.79. The lowest BCUT2D eigenvalue weighted by molar-refractivity contribution is 0.102. The predicted octanol–water partition coefficient (Wildman–Crippen LogP) is 6.83. The minimum Gasteiger partial charge on any atom is -0.494 e. The van der Waals surface area contributed by atoms with Crippen molar-refractivity contribution in [3.8, 4) is 34.4 Å². The number of rotatable bonds is 12. The van der Waals surface area contributed by atoms with E-state index in [1.807, 2.05) is 24.3 Å². The van der Waals surface area contributed by atoms with Crippen LogP contribution in [0.1, 0.15) is 42.4 Å². The van der Waals surface area contributed by atoms with Gasteiger partial charge in [0.05, 0.1) is 32.0 Å². The van der Waals surface area contributed by atoms with Crippen molar-refractivity contribution >= 4 is 22.5 Å². The average molecular weight is 655 g/mol. The van der Waals surface area contributed by atoms with Crippen molar-refractivity contribution in [2.24, 2.45) is 5.92 Å². The van der Waals surface area contributed by atoms with Crippen molar-refractivity contribution < 1.29 is 28.1 Å². The number of nitrogens with zero attached hydrogens (tertiary/aromatic N) is 5. The summed E-state index contributed by atoms with van der Waals surface area (Å²) in [5.74, 6) is 1.68. The van der Waals surface area contributed by atoms with E-state index in [-0.39, 0.29) is 17.1 Å². The molecule has 3 heterocycles. The second-order valence-corrected chi connectivity index (χ2v) is 11.9. The lowest BCUT2D eigenvalue weighted by Crippen LogP contribution is -2.34. The van der Waals surface area contributed by atoms with Crippen molar-refractivity contribution in [2.75, 3.05) is 45.8 Å². The van der Waals surface area contributed by atoms with Crippen LogP contribution >= 0.6 is 0 Å². The molecule has 12 heteroatoms. The zero-order chi connectivity index (χ0) is 33.6. The summed E-state index contributed by atoms with van der Waals surface area (Å²) < 4.78 is 40.0. The summed E-state index contributed by atoms with van der Waals surface area (Å²) in [6, 6.07) is 16.7. The van der Waals surface area contributed by atoms with Gasteiger partial charge in [-0.15, -0.1) is 5.10 Å². The minimum absolute atomic E-state index is 0.0230. The van der Waals surface area contributed by atoms with Crippen molar-refractivity contribution in [3.63, 3.8) is 0 Å². The van der Waals surface area contributed by atoms with E-state index in [1.54, 1.807) is 51.6 Å². The summed E-state index contributed by atoms with van der Waals surface area (Å²) in [7, 11) is 3.13. The summed E-state index contributed by atoms with van der Waals surface area (Å²) in [5.41, 5.74) is 2.08. The second kappa shape index (κ2) is 14.7. The van der Waals surface area contributed by atoms with Gasteiger partial charge in [-0.25, -0.2) is 9.07 Å².